The van der Waals surface area contributed by atoms with Gasteiger partial charge in [-0.25, -0.2) is 0 Å². The fraction of sp³-hybridized carbons (Fsp3) is 0.600. The largest absolute Gasteiger partial charge is 0.294 e. The van der Waals surface area contributed by atoms with Gasteiger partial charge in [-0.3, -0.25) is 9.78 Å². The van der Waals surface area contributed by atoms with Crippen molar-refractivity contribution in [2.24, 2.45) is 11.8 Å². The maximum Gasteiger partial charge on any atom is 0.166 e. The molecule has 2 nitrogen and oxygen atoms in total. The number of Topliss-reactive ketones (excluding diaryl/α,β-unsaturated/α-hetero) is 1. The highest BCUT2D eigenvalue weighted by Crippen LogP contribution is 2.32. The Hall–Kier alpha value is -1.18. The minimum atomic E-state index is 0.246. The first-order valence-corrected chi connectivity index (χ1v) is 6.67. The number of aromatic nitrogens is 1. The van der Waals surface area contributed by atoms with E-state index in [2.05, 4.69) is 11.9 Å². The van der Waals surface area contributed by atoms with Gasteiger partial charge in [-0.1, -0.05) is 26.2 Å². The summed E-state index contributed by atoms with van der Waals surface area (Å²) in [6.45, 7) is 4.17. The number of ketones is 1. The van der Waals surface area contributed by atoms with Crippen molar-refractivity contribution in [3.8, 4) is 0 Å². The van der Waals surface area contributed by atoms with Crippen LogP contribution in [0.3, 0.4) is 0 Å². The van der Waals surface area contributed by atoms with Gasteiger partial charge in [0, 0.05) is 23.4 Å². The van der Waals surface area contributed by atoms with Crippen molar-refractivity contribution in [3.05, 3.63) is 29.6 Å². The Morgan fingerprint density at radius 1 is 1.47 bits per heavy atom. The van der Waals surface area contributed by atoms with Gasteiger partial charge in [-0.2, -0.15) is 0 Å². The molecule has 2 rings (SSSR count). The summed E-state index contributed by atoms with van der Waals surface area (Å²) in [4.78, 5) is 16.5. The van der Waals surface area contributed by atoms with Crippen LogP contribution in [-0.4, -0.2) is 10.8 Å². The van der Waals surface area contributed by atoms with E-state index in [9.17, 15) is 4.79 Å². The number of carbonyl (C=O) groups excluding carboxylic acids is 1. The number of hydrogen-bond donors (Lipinski definition) is 0. The van der Waals surface area contributed by atoms with E-state index in [0.29, 0.717) is 5.78 Å². The molecule has 17 heavy (non-hydrogen) atoms. The Balaban J connectivity index is 2.09. The summed E-state index contributed by atoms with van der Waals surface area (Å²) in [6.07, 6.45) is 7.60. The smallest absolute Gasteiger partial charge is 0.166 e. The molecule has 0 saturated heterocycles. The second kappa shape index (κ2) is 5.44. The third-order valence-electron chi connectivity index (χ3n) is 3.91. The summed E-state index contributed by atoms with van der Waals surface area (Å²) in [5.74, 6) is 1.32. The molecule has 2 atom stereocenters. The van der Waals surface area contributed by atoms with Gasteiger partial charge in [-0.15, -0.1) is 0 Å². The highest BCUT2D eigenvalue weighted by molar-refractivity contribution is 5.97. The quantitative estimate of drug-likeness (QED) is 0.741. The van der Waals surface area contributed by atoms with Crippen molar-refractivity contribution in [2.45, 2.75) is 46.0 Å². The summed E-state index contributed by atoms with van der Waals surface area (Å²) in [5.41, 5.74) is 1.78. The molecule has 0 N–H and O–H groups in total. The zero-order valence-electron chi connectivity index (χ0n) is 10.8. The van der Waals surface area contributed by atoms with Crippen LogP contribution in [0.2, 0.25) is 0 Å². The Morgan fingerprint density at radius 3 is 3.00 bits per heavy atom. The van der Waals surface area contributed by atoms with E-state index in [1.54, 1.807) is 6.20 Å². The monoisotopic (exact) mass is 231 g/mol. The van der Waals surface area contributed by atoms with E-state index in [1.165, 1.54) is 19.3 Å². The molecule has 1 aliphatic rings. The van der Waals surface area contributed by atoms with Crippen LogP contribution < -0.4 is 0 Å². The molecule has 0 spiro atoms. The van der Waals surface area contributed by atoms with E-state index in [-0.39, 0.29) is 5.92 Å². The van der Waals surface area contributed by atoms with Gasteiger partial charge in [0.25, 0.3) is 0 Å². The number of rotatable bonds is 3. The van der Waals surface area contributed by atoms with Gasteiger partial charge in [0.15, 0.2) is 5.78 Å². The van der Waals surface area contributed by atoms with Crippen LogP contribution in [-0.2, 0) is 0 Å². The molecule has 1 fully saturated rings. The highest BCUT2D eigenvalue weighted by Gasteiger charge is 2.26. The molecule has 1 aromatic heterocycles. The van der Waals surface area contributed by atoms with E-state index in [4.69, 9.17) is 0 Å². The zero-order chi connectivity index (χ0) is 12.3. The lowest BCUT2D eigenvalue weighted by Crippen LogP contribution is -2.23. The van der Waals surface area contributed by atoms with Crippen molar-refractivity contribution in [1.82, 2.24) is 4.98 Å². The SMILES string of the molecule is CCC1CCCC(C(=O)c2ccnc(C)c2)C1. The van der Waals surface area contributed by atoms with Crippen LogP contribution in [0, 0.1) is 18.8 Å². The lowest BCUT2D eigenvalue weighted by Gasteiger charge is -2.27. The maximum absolute atomic E-state index is 12.4. The normalized spacial score (nSPS) is 24.6. The Morgan fingerprint density at radius 2 is 2.29 bits per heavy atom. The van der Waals surface area contributed by atoms with Gasteiger partial charge in [0.1, 0.15) is 0 Å². The van der Waals surface area contributed by atoms with Crippen LogP contribution in [0.25, 0.3) is 0 Å². The Kier molecular flexibility index (Phi) is 3.93. The lowest BCUT2D eigenvalue weighted by atomic mass is 9.77. The summed E-state index contributed by atoms with van der Waals surface area (Å²) in [5, 5.41) is 0. The van der Waals surface area contributed by atoms with Gasteiger partial charge in [0.05, 0.1) is 0 Å². The number of hydrogen-bond acceptors (Lipinski definition) is 2. The first-order valence-electron chi connectivity index (χ1n) is 6.67. The van der Waals surface area contributed by atoms with Crippen molar-refractivity contribution in [3.63, 3.8) is 0 Å². The molecular formula is C15H21NO. The predicted octanol–water partition coefficient (Wildman–Crippen LogP) is 3.79. The fourth-order valence-electron chi connectivity index (χ4n) is 2.83. The first kappa shape index (κ1) is 12.3. The summed E-state index contributed by atoms with van der Waals surface area (Å²) >= 11 is 0. The van der Waals surface area contributed by atoms with Gasteiger partial charge in [0.2, 0.25) is 0 Å². The van der Waals surface area contributed by atoms with E-state index in [1.807, 2.05) is 19.1 Å². The fourth-order valence-corrected chi connectivity index (χ4v) is 2.83. The second-order valence-corrected chi connectivity index (χ2v) is 5.19. The molecule has 2 unspecified atom stereocenters. The third kappa shape index (κ3) is 2.93. The van der Waals surface area contributed by atoms with Crippen LogP contribution in [0.4, 0.5) is 0 Å². The molecule has 0 amide bonds. The molecule has 0 aliphatic heterocycles. The molecule has 1 heterocycles. The van der Waals surface area contributed by atoms with Crippen molar-refractivity contribution >= 4 is 5.78 Å². The topological polar surface area (TPSA) is 30.0 Å². The van der Waals surface area contributed by atoms with E-state index in [0.717, 1.165) is 30.0 Å². The minimum absolute atomic E-state index is 0.246. The van der Waals surface area contributed by atoms with Crippen molar-refractivity contribution < 1.29 is 4.79 Å². The number of pyridine rings is 1. The standard InChI is InChI=1S/C15H21NO/c1-3-12-5-4-6-13(10-12)15(17)14-7-8-16-11(2)9-14/h7-9,12-13H,3-6,10H2,1-2H3. The van der Waals surface area contributed by atoms with Crippen LogP contribution in [0.5, 0.6) is 0 Å². The zero-order valence-corrected chi connectivity index (χ0v) is 10.8. The maximum atomic E-state index is 12.4. The third-order valence-corrected chi connectivity index (χ3v) is 3.91. The van der Waals surface area contributed by atoms with E-state index < -0.39 is 0 Å². The molecule has 0 aromatic carbocycles. The molecule has 1 aliphatic carbocycles. The summed E-state index contributed by atoms with van der Waals surface area (Å²) in [6, 6.07) is 3.77. The van der Waals surface area contributed by atoms with Crippen LogP contribution >= 0.6 is 0 Å². The predicted molar refractivity (Wildman–Crippen MR) is 69.0 cm³/mol. The van der Waals surface area contributed by atoms with Gasteiger partial charge < -0.3 is 0 Å². The summed E-state index contributed by atoms with van der Waals surface area (Å²) in [7, 11) is 0. The van der Waals surface area contributed by atoms with Gasteiger partial charge >= 0.3 is 0 Å². The highest BCUT2D eigenvalue weighted by atomic mass is 16.1. The average molecular weight is 231 g/mol. The molecule has 0 radical (unpaired) electrons. The summed E-state index contributed by atoms with van der Waals surface area (Å²) < 4.78 is 0. The van der Waals surface area contributed by atoms with Crippen molar-refractivity contribution in [2.75, 3.05) is 0 Å². The average Bonchev–Trinajstić information content (AvgIpc) is 2.38. The Labute approximate surface area is 103 Å². The van der Waals surface area contributed by atoms with Crippen LogP contribution in [0.15, 0.2) is 18.3 Å². The molecule has 92 valence electrons. The minimum Gasteiger partial charge on any atom is -0.294 e. The molecule has 0 bridgehead atoms. The number of nitrogens with zero attached hydrogens (tertiary/aromatic N) is 1. The molecular weight excluding hydrogens is 210 g/mol. The first-order chi connectivity index (χ1) is 8.20. The van der Waals surface area contributed by atoms with Crippen molar-refractivity contribution in [1.29, 1.82) is 0 Å². The molecule has 2 heteroatoms. The Bertz CT molecular complexity index is 400. The second-order valence-electron chi connectivity index (χ2n) is 5.19. The van der Waals surface area contributed by atoms with E-state index >= 15 is 0 Å². The number of carbonyl (C=O) groups is 1. The van der Waals surface area contributed by atoms with Crippen LogP contribution in [0.1, 0.15) is 55.1 Å². The van der Waals surface area contributed by atoms with Gasteiger partial charge in [-0.05, 0) is 37.8 Å². The molecule has 1 saturated carbocycles. The lowest BCUT2D eigenvalue weighted by molar-refractivity contribution is 0.0862. The molecule has 1 aromatic rings. The number of aryl methyl sites for hydroxylation is 1.